The van der Waals surface area contributed by atoms with Crippen LogP contribution in [0, 0.1) is 5.92 Å². The molecule has 0 bridgehead atoms. The van der Waals surface area contributed by atoms with Crippen LogP contribution in [0.25, 0.3) is 0 Å². The first kappa shape index (κ1) is 17.5. The van der Waals surface area contributed by atoms with Crippen molar-refractivity contribution in [2.75, 3.05) is 32.7 Å². The summed E-state index contributed by atoms with van der Waals surface area (Å²) >= 11 is 0. The van der Waals surface area contributed by atoms with E-state index in [0.29, 0.717) is 6.54 Å². The van der Waals surface area contributed by atoms with E-state index in [2.05, 4.69) is 4.90 Å². The van der Waals surface area contributed by atoms with Gasteiger partial charge in [-0.25, -0.2) is 0 Å². The van der Waals surface area contributed by atoms with E-state index in [0.717, 1.165) is 22.6 Å². The molecule has 1 heterocycles. The molecule has 0 saturated heterocycles. The van der Waals surface area contributed by atoms with Crippen LogP contribution in [0.15, 0.2) is 48.5 Å². The molecule has 2 aromatic rings. The molecule has 0 aliphatic carbocycles. The van der Waals surface area contributed by atoms with E-state index in [4.69, 9.17) is 4.74 Å². The molecule has 0 saturated carbocycles. The van der Waals surface area contributed by atoms with Gasteiger partial charge in [-0.15, -0.1) is 0 Å². The van der Waals surface area contributed by atoms with Gasteiger partial charge in [-0.3, -0.25) is 9.69 Å². The zero-order valence-electron chi connectivity index (χ0n) is 14.8. The SMILES string of the molecule is COc1ccc(CN(C)[C@@H]2c3ccccc3N(C)C(=O)[C@H]2CO)cc1. The van der Waals surface area contributed by atoms with Crippen molar-refractivity contribution in [1.29, 1.82) is 0 Å². The summed E-state index contributed by atoms with van der Waals surface area (Å²) < 4.78 is 5.20. The van der Waals surface area contributed by atoms with Crippen LogP contribution in [-0.2, 0) is 11.3 Å². The molecule has 0 radical (unpaired) electrons. The van der Waals surface area contributed by atoms with Crippen molar-refractivity contribution >= 4 is 11.6 Å². The first-order valence-electron chi connectivity index (χ1n) is 8.37. The molecule has 2 aromatic carbocycles. The van der Waals surface area contributed by atoms with Crippen molar-refractivity contribution in [2.24, 2.45) is 5.92 Å². The maximum atomic E-state index is 12.7. The summed E-state index contributed by atoms with van der Waals surface area (Å²) in [7, 11) is 5.41. The molecule has 0 unspecified atom stereocenters. The summed E-state index contributed by atoms with van der Waals surface area (Å²) in [5, 5.41) is 9.87. The molecule has 1 aliphatic heterocycles. The third-order valence-corrected chi connectivity index (χ3v) is 4.91. The molecular formula is C20H24N2O3. The Morgan fingerprint density at radius 2 is 1.84 bits per heavy atom. The predicted octanol–water partition coefficient (Wildman–Crippen LogP) is 2.45. The second-order valence-electron chi connectivity index (χ2n) is 6.45. The first-order chi connectivity index (χ1) is 12.1. The van der Waals surface area contributed by atoms with Gasteiger partial charge in [0.2, 0.25) is 5.91 Å². The Bertz CT molecular complexity index is 745. The van der Waals surface area contributed by atoms with Crippen LogP contribution in [0.2, 0.25) is 0 Å². The number of anilines is 1. The fourth-order valence-corrected chi connectivity index (χ4v) is 3.60. The summed E-state index contributed by atoms with van der Waals surface area (Å²) in [6.45, 7) is 0.506. The lowest BCUT2D eigenvalue weighted by Gasteiger charge is -2.41. The molecule has 0 fully saturated rings. The molecule has 2 atom stereocenters. The van der Waals surface area contributed by atoms with Crippen molar-refractivity contribution in [1.82, 2.24) is 4.90 Å². The van der Waals surface area contributed by atoms with E-state index < -0.39 is 5.92 Å². The van der Waals surface area contributed by atoms with E-state index in [1.165, 1.54) is 0 Å². The number of aliphatic hydroxyl groups is 1. The van der Waals surface area contributed by atoms with Crippen LogP contribution >= 0.6 is 0 Å². The summed E-state index contributed by atoms with van der Waals surface area (Å²) in [6.07, 6.45) is 0. The first-order valence-corrected chi connectivity index (χ1v) is 8.37. The van der Waals surface area contributed by atoms with E-state index in [9.17, 15) is 9.90 Å². The molecule has 132 valence electrons. The smallest absolute Gasteiger partial charge is 0.234 e. The predicted molar refractivity (Wildman–Crippen MR) is 97.6 cm³/mol. The quantitative estimate of drug-likeness (QED) is 0.908. The van der Waals surface area contributed by atoms with Crippen LogP contribution in [-0.4, -0.2) is 43.7 Å². The maximum Gasteiger partial charge on any atom is 0.234 e. The van der Waals surface area contributed by atoms with Crippen LogP contribution in [0.4, 0.5) is 5.69 Å². The van der Waals surface area contributed by atoms with Gasteiger partial charge in [0.15, 0.2) is 0 Å². The van der Waals surface area contributed by atoms with Gasteiger partial charge in [0.1, 0.15) is 5.75 Å². The minimum Gasteiger partial charge on any atom is -0.497 e. The van der Waals surface area contributed by atoms with Gasteiger partial charge in [0.25, 0.3) is 0 Å². The monoisotopic (exact) mass is 340 g/mol. The maximum absolute atomic E-state index is 12.7. The summed E-state index contributed by atoms with van der Waals surface area (Å²) in [5.41, 5.74) is 3.10. The van der Waals surface area contributed by atoms with Crippen LogP contribution in [0.3, 0.4) is 0 Å². The van der Waals surface area contributed by atoms with Crippen molar-refractivity contribution in [3.8, 4) is 5.75 Å². The number of amides is 1. The Hall–Kier alpha value is -2.37. The number of ether oxygens (including phenoxy) is 1. The van der Waals surface area contributed by atoms with Crippen LogP contribution in [0.5, 0.6) is 5.75 Å². The van der Waals surface area contributed by atoms with E-state index in [-0.39, 0.29) is 18.6 Å². The highest BCUT2D eigenvalue weighted by Gasteiger charge is 2.40. The Morgan fingerprint density at radius 1 is 1.16 bits per heavy atom. The van der Waals surface area contributed by atoms with E-state index in [1.54, 1.807) is 19.1 Å². The Kier molecular flexibility index (Phi) is 5.06. The third kappa shape index (κ3) is 3.25. The second kappa shape index (κ2) is 7.25. The standard InChI is InChI=1S/C20H24N2O3/c1-21(12-14-8-10-15(25-3)11-9-14)19-16-6-4-5-7-18(16)22(2)20(24)17(19)13-23/h4-11,17,19,23H,12-13H2,1-3H3/t17-,19+/m0/s1. The summed E-state index contributed by atoms with van der Waals surface area (Å²) in [4.78, 5) is 16.5. The number of nitrogens with zero attached hydrogens (tertiary/aromatic N) is 2. The van der Waals surface area contributed by atoms with Crippen molar-refractivity contribution < 1.29 is 14.6 Å². The Morgan fingerprint density at radius 3 is 2.48 bits per heavy atom. The fourth-order valence-electron chi connectivity index (χ4n) is 3.60. The highest BCUT2D eigenvalue weighted by Crippen LogP contribution is 2.40. The molecular weight excluding hydrogens is 316 g/mol. The molecule has 1 aliphatic rings. The van der Waals surface area contributed by atoms with Crippen LogP contribution in [0.1, 0.15) is 17.2 Å². The van der Waals surface area contributed by atoms with Gasteiger partial charge >= 0.3 is 0 Å². The highest BCUT2D eigenvalue weighted by molar-refractivity contribution is 5.98. The van der Waals surface area contributed by atoms with Crippen molar-refractivity contribution in [3.05, 3.63) is 59.7 Å². The lowest BCUT2D eigenvalue weighted by molar-refractivity contribution is -0.126. The molecule has 1 N–H and O–H groups in total. The van der Waals surface area contributed by atoms with Crippen molar-refractivity contribution in [3.63, 3.8) is 0 Å². The zero-order chi connectivity index (χ0) is 18.0. The lowest BCUT2D eigenvalue weighted by Crippen LogP contribution is -2.47. The number of rotatable bonds is 5. The second-order valence-corrected chi connectivity index (χ2v) is 6.45. The van der Waals surface area contributed by atoms with Gasteiger partial charge < -0.3 is 14.7 Å². The Balaban J connectivity index is 1.91. The minimum absolute atomic E-state index is 0.0484. The van der Waals surface area contributed by atoms with Gasteiger partial charge in [-0.1, -0.05) is 30.3 Å². The topological polar surface area (TPSA) is 53.0 Å². The molecule has 0 aromatic heterocycles. The average Bonchev–Trinajstić information content (AvgIpc) is 2.65. The number of benzene rings is 2. The molecule has 3 rings (SSSR count). The highest BCUT2D eigenvalue weighted by atomic mass is 16.5. The zero-order valence-corrected chi connectivity index (χ0v) is 14.8. The average molecular weight is 340 g/mol. The molecule has 5 nitrogen and oxygen atoms in total. The molecule has 0 spiro atoms. The minimum atomic E-state index is -0.469. The van der Waals surface area contributed by atoms with E-state index in [1.807, 2.05) is 55.6 Å². The summed E-state index contributed by atoms with van der Waals surface area (Å²) in [6, 6.07) is 15.6. The Labute approximate surface area is 148 Å². The van der Waals surface area contributed by atoms with Gasteiger partial charge in [-0.2, -0.15) is 0 Å². The third-order valence-electron chi connectivity index (χ3n) is 4.91. The van der Waals surface area contributed by atoms with Gasteiger partial charge in [-0.05, 0) is 36.4 Å². The number of para-hydroxylation sites is 1. The summed E-state index contributed by atoms with van der Waals surface area (Å²) in [5.74, 6) is 0.301. The lowest BCUT2D eigenvalue weighted by atomic mass is 9.86. The number of methoxy groups -OCH3 is 1. The molecule has 25 heavy (non-hydrogen) atoms. The number of hydrogen-bond donors (Lipinski definition) is 1. The van der Waals surface area contributed by atoms with E-state index >= 15 is 0 Å². The largest absolute Gasteiger partial charge is 0.497 e. The number of carbonyl (C=O) groups is 1. The fraction of sp³-hybridized carbons (Fsp3) is 0.350. The van der Waals surface area contributed by atoms with Gasteiger partial charge in [0.05, 0.1) is 25.7 Å². The van der Waals surface area contributed by atoms with Crippen LogP contribution < -0.4 is 9.64 Å². The van der Waals surface area contributed by atoms with Crippen molar-refractivity contribution in [2.45, 2.75) is 12.6 Å². The number of fused-ring (bicyclic) bond motifs is 1. The normalized spacial score (nSPS) is 19.9. The number of carbonyl (C=O) groups excluding carboxylic acids is 1. The molecule has 1 amide bonds. The molecule has 5 heteroatoms. The number of aliphatic hydroxyl groups excluding tert-OH is 1. The van der Waals surface area contributed by atoms with Gasteiger partial charge in [0, 0.05) is 19.3 Å². The number of hydrogen-bond acceptors (Lipinski definition) is 4.